The summed E-state index contributed by atoms with van der Waals surface area (Å²) in [7, 11) is -2.92. The molecule has 0 amide bonds. The Balaban J connectivity index is 2.54. The summed E-state index contributed by atoms with van der Waals surface area (Å²) < 4.78 is 22.9. The molecule has 80 valence electrons. The van der Waals surface area contributed by atoms with Gasteiger partial charge in [0.15, 0.2) is 0 Å². The van der Waals surface area contributed by atoms with Gasteiger partial charge in [0, 0.05) is 10.8 Å². The molecule has 15 heavy (non-hydrogen) atoms. The van der Waals surface area contributed by atoms with Crippen molar-refractivity contribution >= 4 is 24.3 Å². The minimum atomic E-state index is -2.92. The zero-order chi connectivity index (χ0) is 10.9. The second-order valence-electron chi connectivity index (χ2n) is 3.03. The molecule has 0 bridgehead atoms. The van der Waals surface area contributed by atoms with Crippen LogP contribution in [0.3, 0.4) is 0 Å². The Morgan fingerprint density at radius 2 is 2.33 bits per heavy atom. The van der Waals surface area contributed by atoms with E-state index in [4.69, 9.17) is 20.9 Å². The van der Waals surface area contributed by atoms with Crippen molar-refractivity contribution in [1.82, 2.24) is 0 Å². The third-order valence-corrected chi connectivity index (χ3v) is 4.44. The van der Waals surface area contributed by atoms with Gasteiger partial charge in [-0.3, -0.25) is 4.57 Å². The molecule has 1 atom stereocenters. The Kier molecular flexibility index (Phi) is 2.87. The number of ether oxygens (including phenoxy) is 1. The van der Waals surface area contributed by atoms with E-state index >= 15 is 0 Å². The molecule has 1 aliphatic heterocycles. The highest BCUT2D eigenvalue weighted by atomic mass is 35.5. The van der Waals surface area contributed by atoms with Crippen molar-refractivity contribution in [2.24, 2.45) is 0 Å². The van der Waals surface area contributed by atoms with Gasteiger partial charge >= 0.3 is 0 Å². The van der Waals surface area contributed by atoms with Crippen molar-refractivity contribution in [3.8, 4) is 5.75 Å². The van der Waals surface area contributed by atoms with E-state index < -0.39 is 7.37 Å². The number of hydrogen-bond donors (Lipinski definition) is 0. The van der Waals surface area contributed by atoms with E-state index in [-0.39, 0.29) is 0 Å². The lowest BCUT2D eigenvalue weighted by molar-refractivity contribution is 0.343. The van der Waals surface area contributed by atoms with Crippen LogP contribution in [0, 0.1) is 0 Å². The molecule has 0 saturated carbocycles. The van der Waals surface area contributed by atoms with Crippen molar-refractivity contribution in [3.05, 3.63) is 35.3 Å². The summed E-state index contributed by atoms with van der Waals surface area (Å²) in [5, 5.41) is 1.05. The van der Waals surface area contributed by atoms with Gasteiger partial charge in [-0.1, -0.05) is 11.6 Å². The molecule has 1 heterocycles. The zero-order valence-corrected chi connectivity index (χ0v) is 9.79. The van der Waals surface area contributed by atoms with Gasteiger partial charge in [0.2, 0.25) is 0 Å². The third-order valence-electron chi connectivity index (χ3n) is 2.03. The van der Waals surface area contributed by atoms with Gasteiger partial charge in [-0.25, -0.2) is 0 Å². The molecule has 2 rings (SSSR count). The minimum Gasteiger partial charge on any atom is -0.464 e. The maximum atomic E-state index is 12.4. The molecule has 0 fully saturated rings. The lowest BCUT2D eigenvalue weighted by Crippen LogP contribution is -2.13. The highest BCUT2D eigenvalue weighted by Gasteiger charge is 2.29. The maximum absolute atomic E-state index is 12.4. The SMILES string of the molecule is CCO[P@@]1(=O)C=COc2ccc(Cl)cc21. The molecular formula is C10H10ClO3P. The van der Waals surface area contributed by atoms with Gasteiger partial charge < -0.3 is 9.26 Å². The Morgan fingerprint density at radius 1 is 1.53 bits per heavy atom. The topological polar surface area (TPSA) is 35.5 Å². The van der Waals surface area contributed by atoms with Crippen LogP contribution in [0.5, 0.6) is 5.75 Å². The van der Waals surface area contributed by atoms with Gasteiger partial charge in [0.1, 0.15) is 5.75 Å². The van der Waals surface area contributed by atoms with Crippen LogP contribution < -0.4 is 10.0 Å². The first-order valence-electron chi connectivity index (χ1n) is 4.54. The van der Waals surface area contributed by atoms with E-state index in [1.165, 1.54) is 12.1 Å². The molecule has 5 heteroatoms. The van der Waals surface area contributed by atoms with Crippen molar-refractivity contribution in [2.75, 3.05) is 6.61 Å². The smallest absolute Gasteiger partial charge is 0.261 e. The first-order valence-corrected chi connectivity index (χ1v) is 6.61. The van der Waals surface area contributed by atoms with Crippen LogP contribution in [0.25, 0.3) is 0 Å². The Labute approximate surface area is 93.1 Å². The van der Waals surface area contributed by atoms with E-state index in [0.29, 0.717) is 22.7 Å². The standard InChI is InChI=1S/C10H10ClO3P/c1-2-14-15(12)6-5-13-9-4-3-8(11)7-10(9)15/h3-7H,2H2,1H3/t15-/m0/s1. The number of halogens is 1. The van der Waals surface area contributed by atoms with Crippen LogP contribution >= 0.6 is 19.0 Å². The molecule has 0 saturated heterocycles. The Bertz CT molecular complexity index is 456. The first-order chi connectivity index (χ1) is 7.15. The second-order valence-corrected chi connectivity index (χ2v) is 5.70. The maximum Gasteiger partial charge on any atom is 0.261 e. The average Bonchev–Trinajstić information content (AvgIpc) is 2.20. The molecule has 0 radical (unpaired) electrons. The molecule has 0 spiro atoms. The normalized spacial score (nSPS) is 23.3. The molecule has 1 aromatic rings. The molecule has 0 N–H and O–H groups in total. The summed E-state index contributed by atoms with van der Waals surface area (Å²) in [6.07, 6.45) is 1.40. The fourth-order valence-electron chi connectivity index (χ4n) is 1.40. The molecule has 0 aromatic heterocycles. The first kappa shape index (κ1) is 10.7. The third kappa shape index (κ3) is 1.96. The van der Waals surface area contributed by atoms with Crippen molar-refractivity contribution < 1.29 is 13.8 Å². The van der Waals surface area contributed by atoms with Crippen molar-refractivity contribution in [1.29, 1.82) is 0 Å². The van der Waals surface area contributed by atoms with Crippen molar-refractivity contribution in [2.45, 2.75) is 6.92 Å². The van der Waals surface area contributed by atoms with Gasteiger partial charge in [0.05, 0.1) is 18.2 Å². The van der Waals surface area contributed by atoms with Gasteiger partial charge in [-0.15, -0.1) is 0 Å². The minimum absolute atomic E-state index is 0.383. The highest BCUT2D eigenvalue weighted by Crippen LogP contribution is 2.51. The summed E-state index contributed by atoms with van der Waals surface area (Å²) in [4.78, 5) is 0. The Morgan fingerprint density at radius 3 is 3.07 bits per heavy atom. The number of rotatable bonds is 2. The van der Waals surface area contributed by atoms with Crippen LogP contribution in [0.15, 0.2) is 30.3 Å². The predicted octanol–water partition coefficient (Wildman–Crippen LogP) is 3.14. The summed E-state index contributed by atoms with van der Waals surface area (Å²) in [5.74, 6) is 1.99. The quantitative estimate of drug-likeness (QED) is 0.750. The number of hydrogen-bond acceptors (Lipinski definition) is 3. The number of fused-ring (bicyclic) bond motifs is 1. The van der Waals surface area contributed by atoms with Crippen LogP contribution in [-0.4, -0.2) is 6.61 Å². The second kappa shape index (κ2) is 4.01. The van der Waals surface area contributed by atoms with E-state index in [9.17, 15) is 4.57 Å². The lowest BCUT2D eigenvalue weighted by atomic mass is 10.3. The van der Waals surface area contributed by atoms with E-state index in [1.807, 2.05) is 0 Å². The molecular weight excluding hydrogens is 235 g/mol. The van der Waals surface area contributed by atoms with Crippen LogP contribution in [0.4, 0.5) is 0 Å². The molecule has 0 aliphatic carbocycles. The van der Waals surface area contributed by atoms with Crippen LogP contribution in [0.2, 0.25) is 5.02 Å². The van der Waals surface area contributed by atoms with Crippen LogP contribution in [-0.2, 0) is 9.09 Å². The van der Waals surface area contributed by atoms with E-state index in [0.717, 1.165) is 0 Å². The van der Waals surface area contributed by atoms with E-state index in [2.05, 4.69) is 0 Å². The van der Waals surface area contributed by atoms with Gasteiger partial charge in [0.25, 0.3) is 7.37 Å². The zero-order valence-electron chi connectivity index (χ0n) is 8.14. The highest BCUT2D eigenvalue weighted by molar-refractivity contribution is 7.70. The monoisotopic (exact) mass is 244 g/mol. The molecule has 0 unspecified atom stereocenters. The van der Waals surface area contributed by atoms with Gasteiger partial charge in [-0.05, 0) is 25.1 Å². The summed E-state index contributed by atoms with van der Waals surface area (Å²) in [6.45, 7) is 2.18. The summed E-state index contributed by atoms with van der Waals surface area (Å²) >= 11 is 5.85. The Hall–Kier alpha value is -0.760. The number of benzene rings is 1. The van der Waals surface area contributed by atoms with E-state index in [1.54, 1.807) is 25.1 Å². The van der Waals surface area contributed by atoms with Gasteiger partial charge in [-0.2, -0.15) is 0 Å². The average molecular weight is 245 g/mol. The van der Waals surface area contributed by atoms with Crippen molar-refractivity contribution in [3.63, 3.8) is 0 Å². The van der Waals surface area contributed by atoms with Crippen LogP contribution in [0.1, 0.15) is 6.92 Å². The molecule has 1 aromatic carbocycles. The molecule has 3 nitrogen and oxygen atoms in total. The summed E-state index contributed by atoms with van der Waals surface area (Å²) in [6, 6.07) is 5.00. The lowest BCUT2D eigenvalue weighted by Gasteiger charge is -2.20. The molecule has 1 aliphatic rings. The largest absolute Gasteiger partial charge is 0.464 e. The fraction of sp³-hybridized carbons (Fsp3) is 0.200. The fourth-order valence-corrected chi connectivity index (χ4v) is 3.39. The predicted molar refractivity (Wildman–Crippen MR) is 60.1 cm³/mol. The summed E-state index contributed by atoms with van der Waals surface area (Å²) in [5.41, 5.74) is 0.